The summed E-state index contributed by atoms with van der Waals surface area (Å²) < 4.78 is 0. The van der Waals surface area contributed by atoms with Crippen molar-refractivity contribution in [1.29, 1.82) is 0 Å². The summed E-state index contributed by atoms with van der Waals surface area (Å²) in [7, 11) is -2.99. The Bertz CT molecular complexity index is 382. The summed E-state index contributed by atoms with van der Waals surface area (Å²) in [5.74, 6) is 0.151. The number of carbonyl (C=O) groups excluding carboxylic acids is 1. The lowest BCUT2D eigenvalue weighted by Gasteiger charge is -2.52. The van der Waals surface area contributed by atoms with E-state index in [4.69, 9.17) is 0 Å². The second kappa shape index (κ2) is 7.96. The molecule has 0 heterocycles. The van der Waals surface area contributed by atoms with Crippen LogP contribution < -0.4 is 0 Å². The van der Waals surface area contributed by atoms with Gasteiger partial charge in [0, 0.05) is 6.42 Å². The van der Waals surface area contributed by atoms with E-state index >= 15 is 0 Å². The van der Waals surface area contributed by atoms with Gasteiger partial charge in [0.25, 0.3) is 0 Å². The van der Waals surface area contributed by atoms with E-state index in [-0.39, 0.29) is 11.3 Å². The molecule has 0 radical (unpaired) electrons. The highest BCUT2D eigenvalue weighted by molar-refractivity contribution is 6.83. The van der Waals surface area contributed by atoms with E-state index in [0.29, 0.717) is 12.0 Å². The van der Waals surface area contributed by atoms with Crippen molar-refractivity contribution in [2.75, 3.05) is 0 Å². The van der Waals surface area contributed by atoms with E-state index in [0.717, 1.165) is 6.42 Å². The third kappa shape index (κ3) is 3.54. The smallest absolute Gasteiger partial charge is 0.164 e. The van der Waals surface area contributed by atoms with Gasteiger partial charge in [-0.25, -0.2) is 0 Å². The van der Waals surface area contributed by atoms with Gasteiger partial charge in [0.05, 0.1) is 16.1 Å². The predicted octanol–water partition coefficient (Wildman–Crippen LogP) is 5.86. The van der Waals surface area contributed by atoms with E-state index < -0.39 is 21.7 Å². The number of hydrogen-bond donors (Lipinski definition) is 1. The molecule has 1 aliphatic carbocycles. The molecule has 1 rings (SSSR count). The highest BCUT2D eigenvalue weighted by atomic mass is 28.3. The van der Waals surface area contributed by atoms with Crippen LogP contribution in [0.25, 0.3) is 0 Å². The van der Waals surface area contributed by atoms with Gasteiger partial charge < -0.3 is 5.11 Å². The second-order valence-electron chi connectivity index (χ2n) is 8.11. The van der Waals surface area contributed by atoms with Crippen molar-refractivity contribution in [2.24, 2.45) is 0 Å². The van der Waals surface area contributed by atoms with Crippen molar-refractivity contribution in [3.05, 3.63) is 0 Å². The van der Waals surface area contributed by atoms with Crippen molar-refractivity contribution in [1.82, 2.24) is 0 Å². The fraction of sp³-hybridized carbons (Fsp3) is 0.947. The summed E-state index contributed by atoms with van der Waals surface area (Å²) in [5.41, 5.74) is -0.213. The number of rotatable bonds is 8. The number of aliphatic hydroxyl groups is 1. The molecule has 0 aromatic rings. The van der Waals surface area contributed by atoms with Crippen molar-refractivity contribution < 1.29 is 9.90 Å². The Hall–Kier alpha value is 0.0638. The highest BCUT2D eigenvalue weighted by Gasteiger charge is 2.56. The first kappa shape index (κ1) is 21.1. The molecule has 0 amide bonds. The van der Waals surface area contributed by atoms with Gasteiger partial charge >= 0.3 is 0 Å². The van der Waals surface area contributed by atoms with Crippen LogP contribution in [0.15, 0.2) is 0 Å². The number of hydrogen-bond acceptors (Lipinski definition) is 2. The van der Waals surface area contributed by atoms with Crippen LogP contribution in [0, 0.1) is 0 Å². The van der Waals surface area contributed by atoms with Crippen LogP contribution in [0.5, 0.6) is 0 Å². The van der Waals surface area contributed by atoms with Gasteiger partial charge in [-0.3, -0.25) is 4.79 Å². The van der Waals surface area contributed by atoms with Crippen LogP contribution >= 0.6 is 0 Å². The van der Waals surface area contributed by atoms with Crippen LogP contribution in [0.2, 0.25) is 47.3 Å². The predicted molar refractivity (Wildman–Crippen MR) is 107 cm³/mol. The zero-order valence-corrected chi connectivity index (χ0v) is 18.7. The molecule has 1 saturated carbocycles. The van der Waals surface area contributed by atoms with Crippen molar-refractivity contribution in [2.45, 2.75) is 114 Å². The number of ketones is 1. The topological polar surface area (TPSA) is 37.3 Å². The third-order valence-electron chi connectivity index (χ3n) is 8.03. The molecule has 1 N–H and O–H groups in total. The van der Waals surface area contributed by atoms with Gasteiger partial charge in [-0.2, -0.15) is 0 Å². The first-order valence-corrected chi connectivity index (χ1v) is 15.4. The minimum atomic E-state index is -1.60. The van der Waals surface area contributed by atoms with E-state index in [1.807, 2.05) is 6.92 Å². The van der Waals surface area contributed by atoms with Gasteiger partial charge in [-0.05, 0) is 24.4 Å². The van der Waals surface area contributed by atoms with Crippen molar-refractivity contribution in [3.63, 3.8) is 0 Å². The zero-order chi connectivity index (χ0) is 17.9. The second-order valence-corrected chi connectivity index (χ2v) is 19.3. The Morgan fingerprint density at radius 2 is 1.30 bits per heavy atom. The van der Waals surface area contributed by atoms with Crippen molar-refractivity contribution >= 4 is 21.9 Å². The molecule has 0 bridgehead atoms. The number of carbonyl (C=O) groups is 1. The van der Waals surface area contributed by atoms with Gasteiger partial charge in [0.1, 0.15) is 5.60 Å². The van der Waals surface area contributed by atoms with Gasteiger partial charge in [0.2, 0.25) is 0 Å². The Balaban J connectivity index is 3.30. The maximum Gasteiger partial charge on any atom is 0.164 e. The van der Waals surface area contributed by atoms with Crippen LogP contribution in [-0.2, 0) is 4.79 Å². The first-order chi connectivity index (χ1) is 10.7. The molecule has 4 heteroatoms. The summed E-state index contributed by atoms with van der Waals surface area (Å²) in [5, 5.41) is 11.1. The Kier molecular flexibility index (Phi) is 7.31. The minimum absolute atomic E-state index is 0.151. The van der Waals surface area contributed by atoms with E-state index in [2.05, 4.69) is 41.5 Å². The van der Waals surface area contributed by atoms with Crippen LogP contribution in [0.3, 0.4) is 0 Å². The molecule has 1 unspecified atom stereocenters. The third-order valence-corrected chi connectivity index (χ3v) is 20.9. The summed E-state index contributed by atoms with van der Waals surface area (Å²) in [4.78, 5) is 12.9. The molecular weight excluding hydrogens is 316 g/mol. The van der Waals surface area contributed by atoms with Gasteiger partial charge in [-0.1, -0.05) is 77.8 Å². The van der Waals surface area contributed by atoms with E-state index in [1.54, 1.807) is 0 Å². The van der Waals surface area contributed by atoms with Gasteiger partial charge in [0.15, 0.2) is 5.78 Å². The molecule has 0 aromatic carbocycles. The van der Waals surface area contributed by atoms with E-state index in [1.165, 1.54) is 36.3 Å². The van der Waals surface area contributed by atoms with Gasteiger partial charge in [-0.15, -0.1) is 0 Å². The molecule has 23 heavy (non-hydrogen) atoms. The standard InChI is InChI=1S/C19H40O2Si2/c1-8-22(9-2,10-3)16-14-17(20)19(7,21)18(15-16)23(11-4,12-5)13-6/h16,18,21H,8-15H2,1-7H3/t16-,18-,19?/m0/s1. The summed E-state index contributed by atoms with van der Waals surface area (Å²) in [6, 6.07) is 7.43. The zero-order valence-electron chi connectivity index (χ0n) is 16.7. The molecule has 1 aliphatic rings. The molecule has 0 spiro atoms. The quantitative estimate of drug-likeness (QED) is 0.553. The highest BCUT2D eigenvalue weighted by Crippen LogP contribution is 2.54. The monoisotopic (exact) mass is 356 g/mol. The molecule has 136 valence electrons. The Morgan fingerprint density at radius 3 is 1.65 bits per heavy atom. The SMILES string of the molecule is CC[Si](CC)(CC)[C@H]1CC(=O)C(C)(O)[C@@H]([Si](CC)(CC)CC)C1. The minimum Gasteiger partial charge on any atom is -0.382 e. The van der Waals surface area contributed by atoms with E-state index in [9.17, 15) is 9.90 Å². The average Bonchev–Trinajstić information content (AvgIpc) is 2.56. The lowest BCUT2D eigenvalue weighted by molar-refractivity contribution is -0.139. The lowest BCUT2D eigenvalue weighted by atomic mass is 9.84. The summed E-state index contributed by atoms with van der Waals surface area (Å²) in [6.45, 7) is 15.8. The average molecular weight is 357 g/mol. The number of Topliss-reactive ketones (excluding diaryl/α,β-unsaturated/α-hetero) is 1. The Morgan fingerprint density at radius 1 is 0.913 bits per heavy atom. The maximum absolute atomic E-state index is 12.9. The fourth-order valence-electron chi connectivity index (χ4n) is 5.64. The first-order valence-electron chi connectivity index (χ1n) is 9.99. The van der Waals surface area contributed by atoms with Crippen LogP contribution in [0.1, 0.15) is 61.3 Å². The maximum atomic E-state index is 12.9. The molecule has 0 saturated heterocycles. The summed E-state index contributed by atoms with van der Waals surface area (Å²) >= 11 is 0. The molecule has 0 aliphatic heterocycles. The molecule has 1 fully saturated rings. The summed E-state index contributed by atoms with van der Waals surface area (Å²) in [6.07, 6.45) is 1.77. The Labute approximate surface area is 146 Å². The van der Waals surface area contributed by atoms with Crippen molar-refractivity contribution in [3.8, 4) is 0 Å². The largest absolute Gasteiger partial charge is 0.382 e. The molecule has 2 nitrogen and oxygen atoms in total. The fourth-order valence-corrected chi connectivity index (χ4v) is 15.6. The molecule has 3 atom stereocenters. The molecular formula is C19H40O2Si2. The lowest BCUT2D eigenvalue weighted by Crippen LogP contribution is -2.58. The molecule has 0 aromatic heterocycles. The van der Waals surface area contributed by atoms with Crippen LogP contribution in [0.4, 0.5) is 0 Å². The normalized spacial score (nSPS) is 29.8. The van der Waals surface area contributed by atoms with Crippen LogP contribution in [-0.4, -0.2) is 32.6 Å².